The normalized spacial score (nSPS) is 10.7. The van der Waals surface area contributed by atoms with Crippen molar-refractivity contribution in [2.45, 2.75) is 95.7 Å². The first-order chi connectivity index (χ1) is 17.7. The second kappa shape index (κ2) is 12.7. The van der Waals surface area contributed by atoms with Crippen LogP contribution in [0.1, 0.15) is 83.3 Å². The van der Waals surface area contributed by atoms with Gasteiger partial charge in [0.15, 0.2) is 0 Å². The molecule has 8 nitrogen and oxygen atoms in total. The molecule has 0 heterocycles. The van der Waals surface area contributed by atoms with Gasteiger partial charge in [-0.25, -0.2) is 0 Å². The molecule has 0 N–H and O–H groups in total. The molecule has 0 aliphatic heterocycles. The van der Waals surface area contributed by atoms with Crippen LogP contribution < -0.4 is 0 Å². The van der Waals surface area contributed by atoms with Crippen LogP contribution in [0.5, 0.6) is 0 Å². The summed E-state index contributed by atoms with van der Waals surface area (Å²) in [7, 11) is 0. The number of rotatable bonds is 9. The van der Waals surface area contributed by atoms with Gasteiger partial charge in [-0.2, -0.15) is 0 Å². The van der Waals surface area contributed by atoms with Crippen molar-refractivity contribution in [2.75, 3.05) is 0 Å². The Hall–Kier alpha value is -3.68. The van der Waals surface area contributed by atoms with E-state index < -0.39 is 23.9 Å². The predicted octanol–water partition coefficient (Wildman–Crippen LogP) is 5.46. The van der Waals surface area contributed by atoms with E-state index in [1.807, 2.05) is 41.5 Å². The average Bonchev–Trinajstić information content (AvgIpc) is 2.80. The molecule has 0 saturated carbocycles. The van der Waals surface area contributed by atoms with Crippen LogP contribution in [0.2, 0.25) is 0 Å². The molecular formula is C30H38O8. The molecule has 0 aromatic heterocycles. The molecule has 38 heavy (non-hydrogen) atoms. The summed E-state index contributed by atoms with van der Waals surface area (Å²) in [6.45, 7) is 17.4. The summed E-state index contributed by atoms with van der Waals surface area (Å²) in [5, 5.41) is 0. The molecule has 0 aliphatic carbocycles. The Labute approximate surface area is 224 Å². The van der Waals surface area contributed by atoms with E-state index in [4.69, 9.17) is 18.9 Å². The maximum atomic E-state index is 11.7. The Balaban J connectivity index is 2.99. The van der Waals surface area contributed by atoms with Crippen molar-refractivity contribution in [1.29, 1.82) is 0 Å². The summed E-state index contributed by atoms with van der Waals surface area (Å²) < 4.78 is 21.6. The Kier molecular flexibility index (Phi) is 10.2. The van der Waals surface area contributed by atoms with Gasteiger partial charge in [-0.1, -0.05) is 0 Å². The van der Waals surface area contributed by atoms with E-state index in [2.05, 4.69) is 0 Å². The standard InChI is InChI=1S/C30H38O8/c1-15-25(11-35-21(7)31)17(3)29(18(4)26(15)12-36-22(8)32)30-19(5)27(13-37-23(9)33)16(2)28(20(30)6)14-38-24(10)34/h11-14H2,1-10H3. The zero-order valence-corrected chi connectivity index (χ0v) is 24.1. The van der Waals surface area contributed by atoms with Crippen molar-refractivity contribution in [3.8, 4) is 11.1 Å². The second-order valence-corrected chi connectivity index (χ2v) is 9.54. The van der Waals surface area contributed by atoms with E-state index in [1.54, 1.807) is 0 Å². The van der Waals surface area contributed by atoms with Crippen LogP contribution >= 0.6 is 0 Å². The number of esters is 4. The Morgan fingerprint density at radius 2 is 0.579 bits per heavy atom. The lowest BCUT2D eigenvalue weighted by atomic mass is 9.79. The van der Waals surface area contributed by atoms with Gasteiger partial charge in [0, 0.05) is 27.7 Å². The van der Waals surface area contributed by atoms with E-state index in [0.29, 0.717) is 0 Å². The van der Waals surface area contributed by atoms with E-state index in [1.165, 1.54) is 27.7 Å². The van der Waals surface area contributed by atoms with Gasteiger partial charge in [-0.3, -0.25) is 19.2 Å². The summed E-state index contributed by atoms with van der Waals surface area (Å²) in [4.78, 5) is 46.7. The minimum absolute atomic E-state index is 0.0674. The van der Waals surface area contributed by atoms with Gasteiger partial charge in [0.25, 0.3) is 0 Å². The van der Waals surface area contributed by atoms with Gasteiger partial charge >= 0.3 is 23.9 Å². The van der Waals surface area contributed by atoms with Crippen molar-refractivity contribution in [3.63, 3.8) is 0 Å². The van der Waals surface area contributed by atoms with Crippen LogP contribution in [0, 0.1) is 41.5 Å². The first-order valence-corrected chi connectivity index (χ1v) is 12.5. The lowest BCUT2D eigenvalue weighted by Crippen LogP contribution is -2.14. The SMILES string of the molecule is CC(=O)OCc1c(C)c(COC(C)=O)c(C)c(-c2c(C)c(COC(C)=O)c(C)c(COC(C)=O)c2C)c1C. The number of ether oxygens (including phenoxy) is 4. The third-order valence-corrected chi connectivity index (χ3v) is 7.05. The van der Waals surface area contributed by atoms with Gasteiger partial charge in [-0.05, 0) is 108 Å². The predicted molar refractivity (Wildman–Crippen MR) is 142 cm³/mol. The summed E-state index contributed by atoms with van der Waals surface area (Å²) in [6.07, 6.45) is 0. The zero-order valence-electron chi connectivity index (χ0n) is 24.1. The first-order valence-electron chi connectivity index (χ1n) is 12.5. The summed E-state index contributed by atoms with van der Waals surface area (Å²) >= 11 is 0. The molecule has 2 aromatic carbocycles. The molecule has 8 heteroatoms. The first kappa shape index (κ1) is 30.5. The molecule has 0 atom stereocenters. The van der Waals surface area contributed by atoms with Crippen LogP contribution in [0.4, 0.5) is 0 Å². The summed E-state index contributed by atoms with van der Waals surface area (Å²) in [6, 6.07) is 0. The van der Waals surface area contributed by atoms with E-state index in [-0.39, 0.29) is 26.4 Å². The minimum atomic E-state index is -0.400. The number of benzene rings is 2. The Bertz CT molecular complexity index is 1100. The van der Waals surface area contributed by atoms with Crippen molar-refractivity contribution < 1.29 is 38.1 Å². The van der Waals surface area contributed by atoms with Gasteiger partial charge in [0.1, 0.15) is 26.4 Å². The molecule has 2 aromatic rings. The number of carbonyl (C=O) groups is 4. The number of hydrogen-bond acceptors (Lipinski definition) is 8. The average molecular weight is 527 g/mol. The highest BCUT2D eigenvalue weighted by Gasteiger charge is 2.26. The quantitative estimate of drug-likeness (QED) is 0.313. The highest BCUT2D eigenvalue weighted by atomic mass is 16.5. The molecule has 206 valence electrons. The smallest absolute Gasteiger partial charge is 0.302 e. The Morgan fingerprint density at radius 1 is 0.395 bits per heavy atom. The fourth-order valence-corrected chi connectivity index (χ4v) is 4.97. The molecule has 2 rings (SSSR count). The van der Waals surface area contributed by atoms with Crippen molar-refractivity contribution in [1.82, 2.24) is 0 Å². The molecule has 0 aliphatic rings. The highest BCUT2D eigenvalue weighted by Crippen LogP contribution is 2.42. The van der Waals surface area contributed by atoms with Crippen LogP contribution in [-0.4, -0.2) is 23.9 Å². The summed E-state index contributed by atoms with van der Waals surface area (Å²) in [5.74, 6) is -1.60. The second-order valence-electron chi connectivity index (χ2n) is 9.54. The van der Waals surface area contributed by atoms with Gasteiger partial charge in [-0.15, -0.1) is 0 Å². The third-order valence-electron chi connectivity index (χ3n) is 7.05. The van der Waals surface area contributed by atoms with E-state index in [0.717, 1.165) is 66.8 Å². The van der Waals surface area contributed by atoms with Crippen molar-refractivity contribution in [2.24, 2.45) is 0 Å². The molecule has 0 unspecified atom stereocenters. The third kappa shape index (κ3) is 6.79. The minimum Gasteiger partial charge on any atom is -0.461 e. The van der Waals surface area contributed by atoms with Crippen LogP contribution in [-0.2, 0) is 64.6 Å². The molecule has 0 fully saturated rings. The van der Waals surface area contributed by atoms with Gasteiger partial charge < -0.3 is 18.9 Å². The number of carbonyl (C=O) groups excluding carboxylic acids is 4. The monoisotopic (exact) mass is 526 g/mol. The molecular weight excluding hydrogens is 488 g/mol. The van der Waals surface area contributed by atoms with E-state index >= 15 is 0 Å². The maximum absolute atomic E-state index is 11.7. The molecule has 0 saturated heterocycles. The molecule has 0 spiro atoms. The fourth-order valence-electron chi connectivity index (χ4n) is 4.97. The van der Waals surface area contributed by atoms with E-state index in [9.17, 15) is 19.2 Å². The van der Waals surface area contributed by atoms with Gasteiger partial charge in [0.2, 0.25) is 0 Å². The molecule has 0 amide bonds. The van der Waals surface area contributed by atoms with Crippen molar-refractivity contribution >= 4 is 23.9 Å². The van der Waals surface area contributed by atoms with Crippen LogP contribution in [0.3, 0.4) is 0 Å². The maximum Gasteiger partial charge on any atom is 0.302 e. The van der Waals surface area contributed by atoms with Crippen LogP contribution in [0.25, 0.3) is 11.1 Å². The fraction of sp³-hybridized carbons (Fsp3) is 0.467. The largest absolute Gasteiger partial charge is 0.461 e. The lowest BCUT2D eigenvalue weighted by Gasteiger charge is -2.27. The van der Waals surface area contributed by atoms with Gasteiger partial charge in [0.05, 0.1) is 0 Å². The molecule has 0 radical (unpaired) electrons. The topological polar surface area (TPSA) is 105 Å². The highest BCUT2D eigenvalue weighted by molar-refractivity contribution is 5.82. The van der Waals surface area contributed by atoms with Crippen LogP contribution in [0.15, 0.2) is 0 Å². The summed E-state index contributed by atoms with van der Waals surface area (Å²) in [5.41, 5.74) is 10.5. The lowest BCUT2D eigenvalue weighted by molar-refractivity contribution is -0.143. The van der Waals surface area contributed by atoms with Crippen molar-refractivity contribution in [3.05, 3.63) is 55.6 Å². The molecule has 0 bridgehead atoms. The Morgan fingerprint density at radius 3 is 0.737 bits per heavy atom. The zero-order chi connectivity index (χ0) is 28.9. The number of hydrogen-bond donors (Lipinski definition) is 0.